The van der Waals surface area contributed by atoms with Crippen LogP contribution in [0.2, 0.25) is 0 Å². The Kier molecular flexibility index (Phi) is 4.47. The van der Waals surface area contributed by atoms with Gasteiger partial charge in [-0.05, 0) is 12.5 Å². The summed E-state index contributed by atoms with van der Waals surface area (Å²) < 4.78 is 38.7. The zero-order chi connectivity index (χ0) is 21.0. The van der Waals surface area contributed by atoms with Crippen LogP contribution in [0.25, 0.3) is 11.0 Å². The van der Waals surface area contributed by atoms with E-state index in [0.29, 0.717) is 4.90 Å². The highest BCUT2D eigenvalue weighted by Crippen LogP contribution is 2.41. The van der Waals surface area contributed by atoms with Gasteiger partial charge >= 0.3 is 11.6 Å². The number of aryl methyl sites for hydroxylation is 1. The van der Waals surface area contributed by atoms with Crippen LogP contribution in [0.15, 0.2) is 20.2 Å². The monoisotopic (exact) mass is 410 g/mol. The molecule has 0 bridgehead atoms. The van der Waals surface area contributed by atoms with Gasteiger partial charge in [-0.2, -0.15) is 8.42 Å². The highest BCUT2D eigenvalue weighted by atomic mass is 32.2. The van der Waals surface area contributed by atoms with Crippen molar-refractivity contribution in [1.29, 1.82) is 0 Å². The molecule has 0 aliphatic carbocycles. The number of nitrogens with zero attached hydrogens (tertiary/aromatic N) is 1. The lowest BCUT2D eigenvalue weighted by atomic mass is 10.0. The van der Waals surface area contributed by atoms with Crippen LogP contribution in [0.5, 0.6) is 0 Å². The molecule has 1 aromatic carbocycles. The Labute approximate surface area is 157 Å². The van der Waals surface area contributed by atoms with Gasteiger partial charge in [0.1, 0.15) is 10.5 Å². The predicted octanol–water partition coefficient (Wildman–Crippen LogP) is 0.211. The molecule has 28 heavy (non-hydrogen) atoms. The standard InChI is InChI=1S/C16H14N2O9S/c1-6-7(4-12(21)22)16(23)27-9-5-8(17)15(28(24,25)26)14(13(6)9)18-10(19)2-3-11(18)20/h5H,2-4,17H2,1H3,(H,21,22)(H,24,25,26). The van der Waals surface area contributed by atoms with Gasteiger partial charge in [0.15, 0.2) is 0 Å². The fourth-order valence-corrected chi connectivity index (χ4v) is 4.02. The third-order valence-corrected chi connectivity index (χ3v) is 5.33. The summed E-state index contributed by atoms with van der Waals surface area (Å²) in [5.41, 5.74) is 3.04. The number of nitrogens with two attached hydrogens (primary N) is 1. The van der Waals surface area contributed by atoms with Crippen molar-refractivity contribution in [3.8, 4) is 0 Å². The Balaban J connectivity index is 2.58. The van der Waals surface area contributed by atoms with E-state index >= 15 is 0 Å². The molecule has 2 aromatic rings. The Hall–Kier alpha value is -3.25. The van der Waals surface area contributed by atoms with Gasteiger partial charge in [-0.15, -0.1) is 0 Å². The largest absolute Gasteiger partial charge is 0.481 e. The van der Waals surface area contributed by atoms with Crippen molar-refractivity contribution in [1.82, 2.24) is 0 Å². The number of rotatable bonds is 4. The summed E-state index contributed by atoms with van der Waals surface area (Å²) in [5, 5.41) is 8.85. The molecule has 2 heterocycles. The quantitative estimate of drug-likeness (QED) is 0.272. The zero-order valence-corrected chi connectivity index (χ0v) is 15.2. The van der Waals surface area contributed by atoms with Crippen molar-refractivity contribution in [3.63, 3.8) is 0 Å². The molecule has 0 unspecified atom stereocenters. The van der Waals surface area contributed by atoms with Gasteiger partial charge in [0.25, 0.3) is 10.1 Å². The van der Waals surface area contributed by atoms with Crippen molar-refractivity contribution in [3.05, 3.63) is 27.6 Å². The SMILES string of the molecule is Cc1c(CC(=O)O)c(=O)oc2cc(N)c(S(=O)(=O)O)c(N3C(=O)CCC3=O)c12. The van der Waals surface area contributed by atoms with Gasteiger partial charge in [-0.3, -0.25) is 18.9 Å². The van der Waals surface area contributed by atoms with E-state index in [1.165, 1.54) is 6.92 Å². The van der Waals surface area contributed by atoms with Crippen molar-refractivity contribution in [2.75, 3.05) is 10.6 Å². The fourth-order valence-electron chi connectivity index (χ4n) is 3.22. The number of carboxylic acid groups (broad SMARTS) is 1. The van der Waals surface area contributed by atoms with E-state index in [1.54, 1.807) is 0 Å². The van der Waals surface area contributed by atoms with E-state index in [0.717, 1.165) is 6.07 Å². The van der Waals surface area contributed by atoms with Gasteiger partial charge < -0.3 is 15.3 Å². The second-order valence-electron chi connectivity index (χ2n) is 6.18. The van der Waals surface area contributed by atoms with Gasteiger partial charge in [-0.1, -0.05) is 0 Å². The lowest BCUT2D eigenvalue weighted by molar-refractivity contribution is -0.136. The predicted molar refractivity (Wildman–Crippen MR) is 94.5 cm³/mol. The van der Waals surface area contributed by atoms with Gasteiger partial charge in [0, 0.05) is 24.3 Å². The molecule has 1 aromatic heterocycles. The lowest BCUT2D eigenvalue weighted by Gasteiger charge is -2.21. The Morgan fingerprint density at radius 3 is 2.32 bits per heavy atom. The molecule has 2 amide bonds. The number of imide groups is 1. The third kappa shape index (κ3) is 3.01. The van der Waals surface area contributed by atoms with Crippen LogP contribution in [0.3, 0.4) is 0 Å². The van der Waals surface area contributed by atoms with E-state index in [1.807, 2.05) is 0 Å². The van der Waals surface area contributed by atoms with Gasteiger partial charge in [0.2, 0.25) is 11.8 Å². The number of carboxylic acids is 1. The average molecular weight is 410 g/mol. The first-order chi connectivity index (χ1) is 12.9. The first kappa shape index (κ1) is 19.5. The molecule has 1 aliphatic heterocycles. The van der Waals surface area contributed by atoms with E-state index in [9.17, 15) is 32.1 Å². The highest BCUT2D eigenvalue weighted by molar-refractivity contribution is 7.86. The normalized spacial score (nSPS) is 14.9. The molecule has 0 spiro atoms. The van der Waals surface area contributed by atoms with Crippen molar-refractivity contribution in [2.45, 2.75) is 31.1 Å². The summed E-state index contributed by atoms with van der Waals surface area (Å²) in [7, 11) is -5.01. The number of benzene rings is 1. The summed E-state index contributed by atoms with van der Waals surface area (Å²) in [5.74, 6) is -2.84. The number of hydrogen-bond acceptors (Lipinski definition) is 8. The van der Waals surface area contributed by atoms with Crippen molar-refractivity contribution >= 4 is 50.2 Å². The molecular weight excluding hydrogens is 396 g/mol. The highest BCUT2D eigenvalue weighted by Gasteiger charge is 2.38. The smallest absolute Gasteiger partial charge is 0.340 e. The first-order valence-corrected chi connectivity index (χ1v) is 9.31. The molecule has 0 atom stereocenters. The average Bonchev–Trinajstić information content (AvgIpc) is 2.87. The molecule has 1 saturated heterocycles. The van der Waals surface area contributed by atoms with E-state index < -0.39 is 56.2 Å². The van der Waals surface area contributed by atoms with Gasteiger partial charge in [-0.25, -0.2) is 9.69 Å². The van der Waals surface area contributed by atoms with Crippen LogP contribution in [-0.4, -0.2) is 35.9 Å². The molecule has 148 valence electrons. The molecule has 4 N–H and O–H groups in total. The molecule has 3 rings (SSSR count). The molecular formula is C16H14N2O9S. The minimum atomic E-state index is -5.01. The first-order valence-electron chi connectivity index (χ1n) is 7.87. The molecule has 0 saturated carbocycles. The minimum Gasteiger partial charge on any atom is -0.481 e. The number of nitrogen functional groups attached to an aromatic ring is 1. The molecule has 12 heteroatoms. The summed E-state index contributed by atoms with van der Waals surface area (Å²) in [6.07, 6.45) is -1.13. The Morgan fingerprint density at radius 1 is 1.25 bits per heavy atom. The van der Waals surface area contributed by atoms with E-state index in [-0.39, 0.29) is 34.9 Å². The summed E-state index contributed by atoms with van der Waals surface area (Å²) in [4.78, 5) is 47.4. The maximum Gasteiger partial charge on any atom is 0.340 e. The molecule has 11 nitrogen and oxygen atoms in total. The summed E-state index contributed by atoms with van der Waals surface area (Å²) in [6, 6.07) is 0.950. The molecule has 1 fully saturated rings. The molecule has 0 radical (unpaired) electrons. The van der Waals surface area contributed by atoms with Crippen molar-refractivity contribution < 1.29 is 36.9 Å². The number of carbonyl (C=O) groups excluding carboxylic acids is 2. The van der Waals surface area contributed by atoms with Crippen LogP contribution in [0.4, 0.5) is 11.4 Å². The minimum absolute atomic E-state index is 0.0129. The van der Waals surface area contributed by atoms with Gasteiger partial charge in [0.05, 0.1) is 23.4 Å². The summed E-state index contributed by atoms with van der Waals surface area (Å²) >= 11 is 0. The number of fused-ring (bicyclic) bond motifs is 1. The van der Waals surface area contributed by atoms with E-state index in [2.05, 4.69) is 0 Å². The number of aliphatic carboxylic acids is 1. The van der Waals surface area contributed by atoms with Crippen LogP contribution in [0, 0.1) is 6.92 Å². The zero-order valence-electron chi connectivity index (χ0n) is 14.4. The lowest BCUT2D eigenvalue weighted by Crippen LogP contribution is -2.31. The van der Waals surface area contributed by atoms with Crippen molar-refractivity contribution in [2.24, 2.45) is 0 Å². The van der Waals surface area contributed by atoms with Crippen LogP contribution in [0.1, 0.15) is 24.0 Å². The Morgan fingerprint density at radius 2 is 1.82 bits per heavy atom. The number of anilines is 2. The summed E-state index contributed by atoms with van der Waals surface area (Å²) in [6.45, 7) is 1.32. The Bertz CT molecular complexity index is 1210. The maximum absolute atomic E-state index is 12.3. The topological polar surface area (TPSA) is 185 Å². The van der Waals surface area contributed by atoms with Crippen LogP contribution >= 0.6 is 0 Å². The number of hydrogen-bond donors (Lipinski definition) is 3. The van der Waals surface area contributed by atoms with Crippen LogP contribution in [-0.2, 0) is 30.9 Å². The number of carbonyl (C=O) groups is 3. The van der Waals surface area contributed by atoms with E-state index in [4.69, 9.17) is 15.3 Å². The fraction of sp³-hybridized carbons (Fsp3) is 0.250. The maximum atomic E-state index is 12.3. The van der Waals surface area contributed by atoms with Crippen LogP contribution < -0.4 is 16.3 Å². The molecule has 1 aliphatic rings. The third-order valence-electron chi connectivity index (χ3n) is 4.38. The second-order valence-corrected chi connectivity index (χ2v) is 7.54. The second kappa shape index (κ2) is 6.42. The number of amides is 2.